The van der Waals surface area contributed by atoms with Crippen LogP contribution in [0.25, 0.3) is 16.7 Å². The fourth-order valence-corrected chi connectivity index (χ4v) is 4.82. The van der Waals surface area contributed by atoms with Gasteiger partial charge in [-0.05, 0) is 43.9 Å². The van der Waals surface area contributed by atoms with E-state index in [1.54, 1.807) is 6.07 Å². The molecule has 1 N–H and O–H groups in total. The molecule has 1 saturated heterocycles. The smallest absolute Gasteiger partial charge is 0.167 e. The molecule has 0 atom stereocenters. The van der Waals surface area contributed by atoms with Gasteiger partial charge < -0.3 is 19.7 Å². The van der Waals surface area contributed by atoms with Crippen molar-refractivity contribution < 1.29 is 8.78 Å². The van der Waals surface area contributed by atoms with Crippen molar-refractivity contribution in [1.82, 2.24) is 19.4 Å². The Hall–Kier alpha value is -3.66. The van der Waals surface area contributed by atoms with Crippen LogP contribution in [0.15, 0.2) is 46.3 Å². The van der Waals surface area contributed by atoms with Gasteiger partial charge in [0.1, 0.15) is 29.5 Å². The summed E-state index contributed by atoms with van der Waals surface area (Å²) in [5.74, 6) is 0.309. The summed E-state index contributed by atoms with van der Waals surface area (Å²) in [5, 5.41) is 3.06. The predicted molar refractivity (Wildman–Crippen MR) is 141 cm³/mol. The highest BCUT2D eigenvalue weighted by molar-refractivity contribution is 5.91. The second kappa shape index (κ2) is 10.5. The Kier molecular flexibility index (Phi) is 7.04. The molecule has 3 aromatic rings. The van der Waals surface area contributed by atoms with E-state index in [0.29, 0.717) is 22.4 Å². The number of hydrogen-bond donors (Lipinski definition) is 1. The predicted octanol–water partition coefficient (Wildman–Crippen LogP) is 4.14. The summed E-state index contributed by atoms with van der Waals surface area (Å²) in [4.78, 5) is 21.5. The van der Waals surface area contributed by atoms with Crippen molar-refractivity contribution >= 4 is 41.2 Å². The number of nitrogens with one attached hydrogen (secondary N) is 1. The van der Waals surface area contributed by atoms with Gasteiger partial charge in [-0.2, -0.15) is 0 Å². The first kappa shape index (κ1) is 24.1. The number of fused-ring (bicyclic) bond motifs is 3. The van der Waals surface area contributed by atoms with Gasteiger partial charge in [0, 0.05) is 44.7 Å². The van der Waals surface area contributed by atoms with Crippen molar-refractivity contribution in [3.8, 4) is 0 Å². The summed E-state index contributed by atoms with van der Waals surface area (Å²) in [5.41, 5.74) is 2.28. The monoisotopic (exact) mass is 492 g/mol. The highest BCUT2D eigenvalue weighted by Crippen LogP contribution is 2.30. The maximum absolute atomic E-state index is 14.9. The summed E-state index contributed by atoms with van der Waals surface area (Å²) >= 11 is 0. The summed E-state index contributed by atoms with van der Waals surface area (Å²) in [7, 11) is 0. The fraction of sp³-hybridized carbons (Fsp3) is 0.385. The van der Waals surface area contributed by atoms with Crippen LogP contribution in [0.1, 0.15) is 24.7 Å². The molecule has 0 aliphatic carbocycles. The number of nitrogens with zero attached hydrogens (tertiary/aromatic N) is 7. The molecule has 5 rings (SSSR count). The molecular weight excluding hydrogens is 462 g/mol. The number of hydrogen-bond acceptors (Lipinski definition) is 7. The van der Waals surface area contributed by atoms with Gasteiger partial charge in [0.05, 0.1) is 23.6 Å². The molecule has 0 bridgehead atoms. The lowest BCUT2D eigenvalue weighted by Gasteiger charge is -2.35. The first-order valence-electron chi connectivity index (χ1n) is 12.3. The van der Waals surface area contributed by atoms with Gasteiger partial charge in [-0.15, -0.1) is 0 Å². The van der Waals surface area contributed by atoms with Crippen LogP contribution in [0.5, 0.6) is 0 Å². The van der Waals surface area contributed by atoms with Crippen LogP contribution in [0.4, 0.5) is 20.3 Å². The first-order valence-corrected chi connectivity index (χ1v) is 12.3. The second-order valence-electron chi connectivity index (χ2n) is 8.93. The fourth-order valence-electron chi connectivity index (χ4n) is 4.82. The Balaban J connectivity index is 1.23. The van der Waals surface area contributed by atoms with E-state index < -0.39 is 11.6 Å². The Morgan fingerprint density at radius 3 is 2.75 bits per heavy atom. The first-order chi connectivity index (χ1) is 17.6. The van der Waals surface area contributed by atoms with Crippen molar-refractivity contribution in [2.75, 3.05) is 49.6 Å². The van der Waals surface area contributed by atoms with Gasteiger partial charge >= 0.3 is 0 Å². The maximum atomic E-state index is 14.9. The van der Waals surface area contributed by atoms with Gasteiger partial charge in [0.2, 0.25) is 0 Å². The van der Waals surface area contributed by atoms with Gasteiger partial charge in [0.25, 0.3) is 0 Å². The molecule has 0 saturated carbocycles. The van der Waals surface area contributed by atoms with E-state index in [4.69, 9.17) is 0 Å². The molecule has 0 spiro atoms. The zero-order valence-electron chi connectivity index (χ0n) is 20.4. The van der Waals surface area contributed by atoms with Crippen LogP contribution in [0, 0.1) is 5.82 Å². The van der Waals surface area contributed by atoms with E-state index in [2.05, 4.69) is 48.7 Å². The van der Waals surface area contributed by atoms with Crippen LogP contribution < -0.4 is 10.2 Å². The van der Waals surface area contributed by atoms with Gasteiger partial charge in [-0.25, -0.2) is 18.7 Å². The minimum Gasteiger partial charge on any atom is -0.368 e. The van der Waals surface area contributed by atoms with E-state index in [-0.39, 0.29) is 12.4 Å². The molecule has 2 aliphatic rings. The van der Waals surface area contributed by atoms with Gasteiger partial charge in [-0.1, -0.05) is 6.92 Å². The highest BCUT2D eigenvalue weighted by Gasteiger charge is 2.20. The van der Waals surface area contributed by atoms with Crippen molar-refractivity contribution in [2.24, 2.45) is 9.98 Å². The molecule has 0 radical (unpaired) electrons. The largest absolute Gasteiger partial charge is 0.368 e. The Bertz CT molecular complexity index is 1300. The molecule has 8 nitrogen and oxygen atoms in total. The lowest BCUT2D eigenvalue weighted by molar-refractivity contribution is 0.271. The number of aromatic nitrogens is 3. The normalized spacial score (nSPS) is 17.0. The number of aryl methyl sites for hydroxylation is 2. The number of imidazole rings is 1. The topological polar surface area (TPSA) is 73.9 Å². The third-order valence-electron chi connectivity index (χ3n) is 6.82. The van der Waals surface area contributed by atoms with Gasteiger partial charge in [-0.3, -0.25) is 9.98 Å². The lowest BCUT2D eigenvalue weighted by atomic mass is 10.1. The number of rotatable bonds is 8. The maximum Gasteiger partial charge on any atom is 0.167 e. The Morgan fingerprint density at radius 1 is 1.19 bits per heavy atom. The molecule has 1 aromatic carbocycles. The summed E-state index contributed by atoms with van der Waals surface area (Å²) in [6, 6.07) is 6.87. The minimum atomic E-state index is -0.693. The zero-order chi connectivity index (χ0) is 25.1. The van der Waals surface area contributed by atoms with Crippen LogP contribution in [0.2, 0.25) is 0 Å². The number of allylic oxidation sites excluding steroid dienone is 1. The van der Waals surface area contributed by atoms with E-state index in [9.17, 15) is 8.78 Å². The molecular formula is C26H30F2N8. The lowest BCUT2D eigenvalue weighted by Crippen LogP contribution is -2.46. The van der Waals surface area contributed by atoms with E-state index in [1.165, 1.54) is 6.07 Å². The molecule has 188 valence electrons. The SMILES string of the molecule is C=N/C(=C(F)\C=N/CNc1ccc(N2CCN(CC)CC2)cn1)c1cc(F)c2nc3n(c2c1)CCC3. The number of anilines is 2. The van der Waals surface area contributed by atoms with Crippen LogP contribution in [-0.4, -0.2) is 71.8 Å². The molecule has 4 heterocycles. The standard InChI is InChI=1S/C26H30F2N8/c1-3-34-9-11-35(12-10-34)19-6-7-23(31-15-19)32-17-30-16-21(28)25(29-2)18-13-20(27)26-22(14-18)36-8-4-5-24(36)33-26/h6-7,13-16H,2-5,8-12,17H2,1H3,(H,31,32)/b25-21+,30-16-. The summed E-state index contributed by atoms with van der Waals surface area (Å²) < 4.78 is 31.6. The second-order valence-corrected chi connectivity index (χ2v) is 8.93. The quantitative estimate of drug-likeness (QED) is 0.479. The van der Waals surface area contributed by atoms with Gasteiger partial charge in [0.15, 0.2) is 11.6 Å². The van der Waals surface area contributed by atoms with E-state index in [1.807, 2.05) is 22.9 Å². The molecule has 0 amide bonds. The summed E-state index contributed by atoms with van der Waals surface area (Å²) in [6.07, 6.45) is 4.69. The number of likely N-dealkylation sites (N-methyl/N-ethyl adjacent to an activating group) is 1. The van der Waals surface area contributed by atoms with Crippen molar-refractivity contribution in [2.45, 2.75) is 26.3 Å². The number of piperazine rings is 1. The third kappa shape index (κ3) is 4.86. The molecule has 0 unspecified atom stereocenters. The number of aliphatic imine (C=N–C) groups is 2. The summed E-state index contributed by atoms with van der Waals surface area (Å²) in [6.45, 7) is 11.7. The van der Waals surface area contributed by atoms with Crippen LogP contribution in [-0.2, 0) is 13.0 Å². The molecule has 10 heteroatoms. The average Bonchev–Trinajstić information content (AvgIpc) is 3.50. The van der Waals surface area contributed by atoms with Crippen LogP contribution in [0.3, 0.4) is 0 Å². The van der Waals surface area contributed by atoms with Crippen molar-refractivity contribution in [3.63, 3.8) is 0 Å². The zero-order valence-corrected chi connectivity index (χ0v) is 20.4. The Morgan fingerprint density at radius 2 is 2.03 bits per heavy atom. The number of pyridine rings is 1. The number of halogens is 2. The molecule has 2 aliphatic heterocycles. The Labute approximate surface area is 209 Å². The van der Waals surface area contributed by atoms with E-state index >= 15 is 0 Å². The molecule has 1 fully saturated rings. The highest BCUT2D eigenvalue weighted by atomic mass is 19.1. The molecule has 2 aromatic heterocycles. The van der Waals surface area contributed by atoms with Crippen LogP contribution >= 0.6 is 0 Å². The van der Waals surface area contributed by atoms with Crippen molar-refractivity contribution in [3.05, 3.63) is 53.5 Å². The third-order valence-corrected chi connectivity index (χ3v) is 6.82. The van der Waals surface area contributed by atoms with Crippen molar-refractivity contribution in [1.29, 1.82) is 0 Å². The average molecular weight is 493 g/mol. The minimum absolute atomic E-state index is 0.0567. The molecule has 36 heavy (non-hydrogen) atoms. The number of benzene rings is 1. The van der Waals surface area contributed by atoms with E-state index in [0.717, 1.165) is 69.8 Å².